The number of rotatable bonds is 8. The fraction of sp³-hybridized carbons (Fsp3) is 0.296. The Morgan fingerprint density at radius 2 is 2.00 bits per heavy atom. The molecule has 2 unspecified atom stereocenters. The van der Waals surface area contributed by atoms with Crippen LogP contribution in [0.3, 0.4) is 0 Å². The van der Waals surface area contributed by atoms with Crippen molar-refractivity contribution >= 4 is 51.3 Å². The van der Waals surface area contributed by atoms with Crippen molar-refractivity contribution in [1.82, 2.24) is 0 Å². The number of fused-ring (bicyclic) bond motifs is 1. The van der Waals surface area contributed by atoms with Crippen molar-refractivity contribution in [2.75, 3.05) is 10.6 Å². The zero-order chi connectivity index (χ0) is 26.5. The SMILES string of the molecule is CCC(Sc1cccc(NC(=O)c2ccc([N+](=O)[O-])cc2)c1)C(=O)Nc1sc2c(c1C#N)CCC(C)C2. The molecule has 8 nitrogen and oxygen atoms in total. The summed E-state index contributed by atoms with van der Waals surface area (Å²) in [4.78, 5) is 38.1. The summed E-state index contributed by atoms with van der Waals surface area (Å²) in [6.45, 7) is 4.14. The van der Waals surface area contributed by atoms with Gasteiger partial charge in [0.2, 0.25) is 5.91 Å². The van der Waals surface area contributed by atoms with Gasteiger partial charge in [-0.15, -0.1) is 23.1 Å². The van der Waals surface area contributed by atoms with Crippen molar-refractivity contribution in [1.29, 1.82) is 5.26 Å². The van der Waals surface area contributed by atoms with Gasteiger partial charge in [0, 0.05) is 33.2 Å². The third kappa shape index (κ3) is 6.18. The number of hydrogen-bond donors (Lipinski definition) is 2. The molecule has 1 aliphatic rings. The minimum Gasteiger partial charge on any atom is -0.322 e. The van der Waals surface area contributed by atoms with Gasteiger partial charge in [0.1, 0.15) is 11.1 Å². The summed E-state index contributed by atoms with van der Waals surface area (Å²) in [6.07, 6.45) is 3.45. The van der Waals surface area contributed by atoms with Crippen LogP contribution in [0.5, 0.6) is 0 Å². The van der Waals surface area contributed by atoms with Crippen LogP contribution in [0.4, 0.5) is 16.4 Å². The number of nitro benzene ring substituents is 1. The van der Waals surface area contributed by atoms with E-state index in [0.717, 1.165) is 29.7 Å². The van der Waals surface area contributed by atoms with Gasteiger partial charge < -0.3 is 10.6 Å². The van der Waals surface area contributed by atoms with E-state index < -0.39 is 4.92 Å². The van der Waals surface area contributed by atoms with E-state index in [1.807, 2.05) is 13.0 Å². The first kappa shape index (κ1) is 26.4. The Hall–Kier alpha value is -3.68. The lowest BCUT2D eigenvalue weighted by atomic mass is 9.88. The highest BCUT2D eigenvalue weighted by Gasteiger charge is 2.26. The molecule has 0 bridgehead atoms. The van der Waals surface area contributed by atoms with Gasteiger partial charge in [-0.3, -0.25) is 19.7 Å². The zero-order valence-corrected chi connectivity index (χ0v) is 22.1. The van der Waals surface area contributed by atoms with Crippen LogP contribution in [-0.4, -0.2) is 22.0 Å². The molecule has 2 aromatic carbocycles. The second-order valence-corrected chi connectivity index (χ2v) is 11.3. The number of thiophene rings is 1. The molecular weight excluding hydrogens is 508 g/mol. The molecule has 2 N–H and O–H groups in total. The molecule has 0 saturated heterocycles. The van der Waals surface area contributed by atoms with Crippen LogP contribution in [0.2, 0.25) is 0 Å². The molecule has 2 atom stereocenters. The Bertz CT molecular complexity index is 1380. The van der Waals surface area contributed by atoms with Crippen molar-refractivity contribution < 1.29 is 14.5 Å². The Labute approximate surface area is 223 Å². The Balaban J connectivity index is 1.43. The van der Waals surface area contributed by atoms with Gasteiger partial charge >= 0.3 is 0 Å². The van der Waals surface area contributed by atoms with Crippen molar-refractivity contribution in [3.8, 4) is 6.07 Å². The maximum Gasteiger partial charge on any atom is 0.269 e. The van der Waals surface area contributed by atoms with Gasteiger partial charge in [0.15, 0.2) is 0 Å². The summed E-state index contributed by atoms with van der Waals surface area (Å²) >= 11 is 2.90. The molecule has 37 heavy (non-hydrogen) atoms. The molecule has 1 aromatic heterocycles. The number of nitro groups is 1. The van der Waals surface area contributed by atoms with Crippen LogP contribution in [0.15, 0.2) is 53.4 Å². The number of hydrogen-bond acceptors (Lipinski definition) is 7. The summed E-state index contributed by atoms with van der Waals surface area (Å²) in [7, 11) is 0. The molecule has 190 valence electrons. The average Bonchev–Trinajstić information content (AvgIpc) is 3.23. The van der Waals surface area contributed by atoms with Gasteiger partial charge in [0.05, 0.1) is 15.7 Å². The first-order valence-corrected chi connectivity index (χ1v) is 13.7. The number of nitriles is 1. The zero-order valence-electron chi connectivity index (χ0n) is 20.4. The number of carbonyl (C=O) groups excluding carboxylic acids is 2. The first-order valence-electron chi connectivity index (χ1n) is 12.0. The normalized spacial score (nSPS) is 15.2. The minimum absolute atomic E-state index is 0.0852. The van der Waals surface area contributed by atoms with Gasteiger partial charge in [-0.05, 0) is 67.5 Å². The molecule has 2 amide bonds. The molecule has 0 saturated carbocycles. The maximum absolute atomic E-state index is 13.2. The lowest BCUT2D eigenvalue weighted by Gasteiger charge is -2.17. The fourth-order valence-corrected chi connectivity index (χ4v) is 6.60. The third-order valence-corrected chi connectivity index (χ3v) is 8.76. The molecule has 1 heterocycles. The largest absolute Gasteiger partial charge is 0.322 e. The number of amides is 2. The molecular formula is C27H26N4O4S2. The second-order valence-electron chi connectivity index (χ2n) is 8.96. The highest BCUT2D eigenvalue weighted by atomic mass is 32.2. The average molecular weight is 535 g/mol. The summed E-state index contributed by atoms with van der Waals surface area (Å²) in [5, 5.41) is 26.6. The number of nitrogens with zero attached hydrogens (tertiary/aromatic N) is 2. The fourth-order valence-electron chi connectivity index (χ4n) is 4.22. The van der Waals surface area contributed by atoms with Crippen molar-refractivity contribution in [3.05, 3.63) is 80.2 Å². The van der Waals surface area contributed by atoms with Gasteiger partial charge in [-0.1, -0.05) is 19.9 Å². The van der Waals surface area contributed by atoms with E-state index >= 15 is 0 Å². The highest BCUT2D eigenvalue weighted by Crippen LogP contribution is 2.40. The van der Waals surface area contributed by atoms with E-state index in [1.54, 1.807) is 18.2 Å². The van der Waals surface area contributed by atoms with Crippen LogP contribution < -0.4 is 10.6 Å². The van der Waals surface area contributed by atoms with Crippen LogP contribution >= 0.6 is 23.1 Å². The molecule has 4 rings (SSSR count). The van der Waals surface area contributed by atoms with Gasteiger partial charge in [0.25, 0.3) is 11.6 Å². The summed E-state index contributed by atoms with van der Waals surface area (Å²) in [5.41, 5.74) is 2.44. The van der Waals surface area contributed by atoms with Gasteiger partial charge in [-0.2, -0.15) is 5.26 Å². The lowest BCUT2D eigenvalue weighted by Crippen LogP contribution is -2.24. The number of non-ortho nitro benzene ring substituents is 1. The van der Waals surface area contributed by atoms with E-state index in [1.165, 1.54) is 52.2 Å². The molecule has 0 aliphatic heterocycles. The monoisotopic (exact) mass is 534 g/mol. The Morgan fingerprint density at radius 3 is 2.68 bits per heavy atom. The number of thioether (sulfide) groups is 1. The predicted octanol–water partition coefficient (Wildman–Crippen LogP) is 6.41. The van der Waals surface area contributed by atoms with E-state index in [-0.39, 0.29) is 22.8 Å². The van der Waals surface area contributed by atoms with Crippen LogP contribution in [-0.2, 0) is 17.6 Å². The minimum atomic E-state index is -0.517. The Morgan fingerprint density at radius 1 is 1.24 bits per heavy atom. The number of carbonyl (C=O) groups is 2. The van der Waals surface area contributed by atoms with Crippen molar-refractivity contribution in [2.24, 2.45) is 5.92 Å². The number of nitrogens with one attached hydrogen (secondary N) is 2. The smallest absolute Gasteiger partial charge is 0.269 e. The summed E-state index contributed by atoms with van der Waals surface area (Å²) in [6, 6.07) is 14.9. The third-order valence-electron chi connectivity index (χ3n) is 6.23. The molecule has 0 spiro atoms. The molecule has 10 heteroatoms. The van der Waals surface area contributed by atoms with Crippen LogP contribution in [0.25, 0.3) is 0 Å². The predicted molar refractivity (Wildman–Crippen MR) is 146 cm³/mol. The van der Waals surface area contributed by atoms with Crippen molar-refractivity contribution in [3.63, 3.8) is 0 Å². The van der Waals surface area contributed by atoms with Gasteiger partial charge in [-0.25, -0.2) is 0 Å². The van der Waals surface area contributed by atoms with E-state index in [4.69, 9.17) is 0 Å². The summed E-state index contributed by atoms with van der Waals surface area (Å²) < 4.78 is 0. The molecule has 0 radical (unpaired) electrons. The molecule has 1 aliphatic carbocycles. The second kappa shape index (κ2) is 11.6. The van der Waals surface area contributed by atoms with Crippen LogP contribution in [0.1, 0.15) is 53.1 Å². The number of anilines is 2. The standard InChI is InChI=1S/C27H26N4O4S2/c1-3-23(26(33)30-27-22(15-28)21-12-7-16(2)13-24(21)37-27)36-20-6-4-5-18(14-20)29-25(32)17-8-10-19(11-9-17)31(34)35/h4-6,8-11,14,16,23H,3,7,12-13H2,1-2H3,(H,29,32)(H,30,33). The summed E-state index contributed by atoms with van der Waals surface area (Å²) in [5.74, 6) is 0.0335. The van der Waals surface area contributed by atoms with E-state index in [2.05, 4.69) is 23.6 Å². The van der Waals surface area contributed by atoms with E-state index in [0.29, 0.717) is 34.2 Å². The highest BCUT2D eigenvalue weighted by molar-refractivity contribution is 8.00. The topological polar surface area (TPSA) is 125 Å². The maximum atomic E-state index is 13.2. The quantitative estimate of drug-likeness (QED) is 0.195. The molecule has 3 aromatic rings. The van der Waals surface area contributed by atoms with Crippen molar-refractivity contribution in [2.45, 2.75) is 49.7 Å². The number of benzene rings is 2. The molecule has 0 fully saturated rings. The first-order chi connectivity index (χ1) is 17.8. The van der Waals surface area contributed by atoms with Crippen LogP contribution in [0, 0.1) is 27.4 Å². The Kier molecular flexibility index (Phi) is 8.26. The van der Waals surface area contributed by atoms with E-state index in [9.17, 15) is 25.0 Å². The lowest BCUT2D eigenvalue weighted by molar-refractivity contribution is -0.384.